The molecule has 1 aliphatic rings. The largest absolute Gasteiger partial charge is 0.461 e. The summed E-state index contributed by atoms with van der Waals surface area (Å²) >= 11 is 0. The highest BCUT2D eigenvalue weighted by atomic mass is 16.5. The Morgan fingerprint density at radius 3 is 2.79 bits per heavy atom. The van der Waals surface area contributed by atoms with Gasteiger partial charge in [0.25, 0.3) is 0 Å². The van der Waals surface area contributed by atoms with Crippen LogP contribution >= 0.6 is 0 Å². The molecule has 0 amide bonds. The monoisotopic (exact) mass is 336 g/mol. The number of allylic oxidation sites excluding steroid dienone is 3. The van der Waals surface area contributed by atoms with Gasteiger partial charge in [0, 0.05) is 39.0 Å². The Labute approximate surface area is 144 Å². The molecule has 0 bridgehead atoms. The molecular weight excluding hydrogens is 308 g/mol. The van der Waals surface area contributed by atoms with Crippen molar-refractivity contribution in [2.24, 2.45) is 5.92 Å². The van der Waals surface area contributed by atoms with Gasteiger partial charge >= 0.3 is 5.97 Å². The minimum Gasteiger partial charge on any atom is -0.461 e. The maximum Gasteiger partial charge on any atom is 0.349 e. The van der Waals surface area contributed by atoms with E-state index in [4.69, 9.17) is 14.2 Å². The van der Waals surface area contributed by atoms with Crippen LogP contribution in [-0.4, -0.2) is 46.6 Å². The first-order chi connectivity index (χ1) is 11.6. The fourth-order valence-corrected chi connectivity index (χ4v) is 2.50. The summed E-state index contributed by atoms with van der Waals surface area (Å²) in [7, 11) is 3.29. The Balaban J connectivity index is 2.68. The molecule has 24 heavy (non-hydrogen) atoms. The molecule has 1 aliphatic carbocycles. The lowest BCUT2D eigenvalue weighted by Crippen LogP contribution is -2.20. The molecule has 0 fully saturated rings. The van der Waals surface area contributed by atoms with E-state index in [1.807, 2.05) is 19.1 Å². The molecule has 1 atom stereocenters. The highest BCUT2D eigenvalue weighted by molar-refractivity contribution is 5.94. The summed E-state index contributed by atoms with van der Waals surface area (Å²) in [5, 5.41) is 12.7. The van der Waals surface area contributed by atoms with Crippen LogP contribution in [0.25, 0.3) is 0 Å². The molecule has 134 valence electrons. The third kappa shape index (κ3) is 7.16. The molecule has 0 aromatic carbocycles. The second-order valence-corrected chi connectivity index (χ2v) is 5.97. The highest BCUT2D eigenvalue weighted by Gasteiger charge is 2.19. The van der Waals surface area contributed by atoms with Crippen molar-refractivity contribution in [3.63, 3.8) is 0 Å². The lowest BCUT2D eigenvalue weighted by Gasteiger charge is -2.18. The number of methoxy groups -OCH3 is 2. The zero-order valence-electron chi connectivity index (χ0n) is 14.9. The van der Waals surface area contributed by atoms with E-state index in [0.29, 0.717) is 13.2 Å². The topological polar surface area (TPSA) is 80.6 Å². The summed E-state index contributed by atoms with van der Waals surface area (Å²) < 4.78 is 15.3. The number of hydrogen-bond donors (Lipinski definition) is 1. The van der Waals surface area contributed by atoms with Gasteiger partial charge in [-0.2, -0.15) is 5.26 Å². The van der Waals surface area contributed by atoms with Crippen molar-refractivity contribution in [2.45, 2.75) is 32.6 Å². The molecular formula is C18H28N2O4. The number of carbonyl (C=O) groups is 1. The van der Waals surface area contributed by atoms with Gasteiger partial charge < -0.3 is 19.5 Å². The number of hydrogen-bond acceptors (Lipinski definition) is 6. The summed E-state index contributed by atoms with van der Waals surface area (Å²) in [6.07, 6.45) is 5.38. The van der Waals surface area contributed by atoms with Crippen LogP contribution in [0.2, 0.25) is 0 Å². The molecule has 0 heterocycles. The van der Waals surface area contributed by atoms with Crippen LogP contribution in [0.15, 0.2) is 22.9 Å². The van der Waals surface area contributed by atoms with E-state index in [1.54, 1.807) is 14.2 Å². The molecule has 6 heteroatoms. The summed E-state index contributed by atoms with van der Waals surface area (Å²) in [6, 6.07) is 2.01. The molecule has 0 radical (unpaired) electrons. The van der Waals surface area contributed by atoms with Crippen molar-refractivity contribution >= 4 is 5.97 Å². The zero-order chi connectivity index (χ0) is 17.8. The molecule has 1 N–H and O–H groups in total. The van der Waals surface area contributed by atoms with Crippen LogP contribution in [0, 0.1) is 17.2 Å². The Hall–Kier alpha value is -1.84. The zero-order valence-corrected chi connectivity index (χ0v) is 14.9. The van der Waals surface area contributed by atoms with E-state index in [9.17, 15) is 10.1 Å². The number of nitrogens with one attached hydrogen (secondary N) is 1. The first kappa shape index (κ1) is 20.2. The fourth-order valence-electron chi connectivity index (χ4n) is 2.50. The maximum absolute atomic E-state index is 12.2. The number of esters is 1. The van der Waals surface area contributed by atoms with E-state index < -0.39 is 5.97 Å². The first-order valence-corrected chi connectivity index (χ1v) is 8.35. The summed E-state index contributed by atoms with van der Waals surface area (Å²) in [4.78, 5) is 12.2. The van der Waals surface area contributed by atoms with Crippen molar-refractivity contribution in [2.75, 3.05) is 40.6 Å². The molecule has 0 aliphatic heterocycles. The van der Waals surface area contributed by atoms with Crippen molar-refractivity contribution < 1.29 is 19.0 Å². The van der Waals surface area contributed by atoms with Crippen LogP contribution < -0.4 is 5.32 Å². The lowest BCUT2D eigenvalue weighted by molar-refractivity contribution is -0.140. The van der Waals surface area contributed by atoms with Gasteiger partial charge in [0.15, 0.2) is 0 Å². The third-order valence-electron chi connectivity index (χ3n) is 3.71. The van der Waals surface area contributed by atoms with E-state index in [0.717, 1.165) is 43.5 Å². The van der Waals surface area contributed by atoms with Crippen LogP contribution in [0.5, 0.6) is 0 Å². The van der Waals surface area contributed by atoms with E-state index in [2.05, 4.69) is 5.32 Å². The quantitative estimate of drug-likeness (QED) is 0.285. The Morgan fingerprint density at radius 2 is 2.12 bits per heavy atom. The lowest BCUT2D eigenvalue weighted by atomic mass is 9.95. The average Bonchev–Trinajstić information content (AvgIpc) is 2.58. The number of ether oxygens (including phenoxy) is 3. The summed E-state index contributed by atoms with van der Waals surface area (Å²) in [5.74, 6) is -0.448. The Kier molecular flexibility index (Phi) is 9.81. The van der Waals surface area contributed by atoms with Gasteiger partial charge in [-0.1, -0.05) is 6.92 Å². The predicted octanol–water partition coefficient (Wildman–Crippen LogP) is 2.33. The van der Waals surface area contributed by atoms with Crippen LogP contribution in [-0.2, 0) is 19.0 Å². The van der Waals surface area contributed by atoms with Crippen molar-refractivity contribution in [1.29, 1.82) is 5.26 Å². The van der Waals surface area contributed by atoms with Gasteiger partial charge in [-0.05, 0) is 37.3 Å². The standard InChI is InChI=1S/C18H28N2O4/c1-14(12-23-3)13-24-18(21)17(11-19)15-6-4-7-16(10-15)20-8-5-9-22-2/h10,14,20H,4-9,12-13H2,1-3H3/b17-15-. The number of nitriles is 1. The van der Waals surface area contributed by atoms with Gasteiger partial charge in [0.05, 0.1) is 13.2 Å². The van der Waals surface area contributed by atoms with Crippen molar-refractivity contribution in [1.82, 2.24) is 5.32 Å². The highest BCUT2D eigenvalue weighted by Crippen LogP contribution is 2.24. The normalized spacial score (nSPS) is 17.5. The molecule has 1 unspecified atom stereocenters. The van der Waals surface area contributed by atoms with E-state index in [-0.39, 0.29) is 18.1 Å². The smallest absolute Gasteiger partial charge is 0.349 e. The van der Waals surface area contributed by atoms with Crippen LogP contribution in [0.4, 0.5) is 0 Å². The van der Waals surface area contributed by atoms with Gasteiger partial charge in [0.2, 0.25) is 0 Å². The predicted molar refractivity (Wildman–Crippen MR) is 91.1 cm³/mol. The van der Waals surface area contributed by atoms with Gasteiger partial charge in [-0.25, -0.2) is 4.79 Å². The van der Waals surface area contributed by atoms with Crippen LogP contribution in [0.3, 0.4) is 0 Å². The molecule has 6 nitrogen and oxygen atoms in total. The third-order valence-corrected chi connectivity index (χ3v) is 3.71. The second-order valence-electron chi connectivity index (χ2n) is 5.97. The average molecular weight is 336 g/mol. The van der Waals surface area contributed by atoms with Crippen molar-refractivity contribution in [3.05, 3.63) is 22.9 Å². The van der Waals surface area contributed by atoms with Gasteiger partial charge in [0.1, 0.15) is 11.6 Å². The minimum absolute atomic E-state index is 0.101. The maximum atomic E-state index is 12.2. The van der Waals surface area contributed by atoms with E-state index in [1.165, 1.54) is 0 Å². The van der Waals surface area contributed by atoms with Gasteiger partial charge in [-0.3, -0.25) is 0 Å². The summed E-state index contributed by atoms with van der Waals surface area (Å²) in [6.45, 7) is 4.21. The minimum atomic E-state index is -0.549. The molecule has 0 spiro atoms. The fraction of sp³-hybridized carbons (Fsp3) is 0.667. The summed E-state index contributed by atoms with van der Waals surface area (Å²) in [5.41, 5.74) is 1.92. The molecule has 0 aromatic heterocycles. The SMILES string of the molecule is COCCCNC1=C/C(=C(/C#N)C(=O)OCC(C)COC)CCC1. The molecule has 1 rings (SSSR count). The van der Waals surface area contributed by atoms with E-state index >= 15 is 0 Å². The first-order valence-electron chi connectivity index (χ1n) is 8.35. The number of carbonyl (C=O) groups excluding carboxylic acids is 1. The Bertz CT molecular complexity index is 506. The van der Waals surface area contributed by atoms with Gasteiger partial charge in [-0.15, -0.1) is 0 Å². The number of rotatable bonds is 10. The molecule has 0 saturated carbocycles. The Morgan fingerprint density at radius 1 is 1.33 bits per heavy atom. The van der Waals surface area contributed by atoms with Crippen LogP contribution in [0.1, 0.15) is 32.6 Å². The molecule has 0 saturated heterocycles. The van der Waals surface area contributed by atoms with Crippen molar-refractivity contribution in [3.8, 4) is 6.07 Å². The second kappa shape index (κ2) is 11.7. The molecule has 0 aromatic rings. The number of nitrogens with zero attached hydrogens (tertiary/aromatic N) is 1.